The summed E-state index contributed by atoms with van der Waals surface area (Å²) in [5.41, 5.74) is 0.965. The number of amides is 1. The van der Waals surface area contributed by atoms with Gasteiger partial charge in [-0.15, -0.1) is 0 Å². The predicted octanol–water partition coefficient (Wildman–Crippen LogP) is 4.07. The van der Waals surface area contributed by atoms with Gasteiger partial charge in [0.25, 0.3) is 0 Å². The lowest BCUT2D eigenvalue weighted by Gasteiger charge is -2.19. The van der Waals surface area contributed by atoms with Crippen LogP contribution in [0, 0.1) is 0 Å². The first-order valence-corrected chi connectivity index (χ1v) is 6.90. The molecule has 0 aliphatic carbocycles. The fourth-order valence-electron chi connectivity index (χ4n) is 1.37. The van der Waals surface area contributed by atoms with Crippen LogP contribution in [0.3, 0.4) is 0 Å². The van der Waals surface area contributed by atoms with Crippen molar-refractivity contribution in [1.82, 2.24) is 5.32 Å². The SMILES string of the molecule is CC(C)(C)OC(=O)NCc1ccc(Cl)c(N=CC=S)c1. The Morgan fingerprint density at radius 2 is 2.20 bits per heavy atom. The van der Waals surface area contributed by atoms with E-state index in [0.717, 1.165) is 5.56 Å². The molecule has 0 aliphatic rings. The Morgan fingerprint density at radius 3 is 2.80 bits per heavy atom. The number of aliphatic imine (C=N–C) groups is 1. The number of alkyl carbamates (subject to hydrolysis) is 1. The van der Waals surface area contributed by atoms with Crippen molar-refractivity contribution in [2.24, 2.45) is 4.99 Å². The van der Waals surface area contributed by atoms with Crippen LogP contribution in [0.5, 0.6) is 0 Å². The van der Waals surface area contributed by atoms with Crippen LogP contribution in [0.2, 0.25) is 5.02 Å². The van der Waals surface area contributed by atoms with E-state index in [1.54, 1.807) is 12.1 Å². The van der Waals surface area contributed by atoms with E-state index in [0.29, 0.717) is 17.3 Å². The lowest BCUT2D eigenvalue weighted by molar-refractivity contribution is 0.0523. The van der Waals surface area contributed by atoms with Gasteiger partial charge < -0.3 is 10.1 Å². The lowest BCUT2D eigenvalue weighted by Crippen LogP contribution is -2.32. The van der Waals surface area contributed by atoms with Crippen molar-refractivity contribution in [3.8, 4) is 0 Å². The Balaban J connectivity index is 2.67. The second-order valence-electron chi connectivity index (χ2n) is 5.06. The van der Waals surface area contributed by atoms with Crippen LogP contribution in [0.4, 0.5) is 10.5 Å². The summed E-state index contributed by atoms with van der Waals surface area (Å²) in [6.07, 6.45) is 1.03. The fourth-order valence-corrected chi connectivity index (χ4v) is 1.59. The highest BCUT2D eigenvalue weighted by Crippen LogP contribution is 2.25. The van der Waals surface area contributed by atoms with Crippen LogP contribution >= 0.6 is 23.8 Å². The van der Waals surface area contributed by atoms with Gasteiger partial charge in [0.05, 0.1) is 10.7 Å². The highest BCUT2D eigenvalue weighted by molar-refractivity contribution is 7.80. The normalized spacial score (nSPS) is 11.4. The van der Waals surface area contributed by atoms with Gasteiger partial charge in [-0.05, 0) is 38.5 Å². The van der Waals surface area contributed by atoms with E-state index in [-0.39, 0.29) is 0 Å². The van der Waals surface area contributed by atoms with E-state index < -0.39 is 11.7 Å². The number of rotatable bonds is 4. The first-order chi connectivity index (χ1) is 9.31. The van der Waals surface area contributed by atoms with Crippen molar-refractivity contribution in [1.29, 1.82) is 0 Å². The van der Waals surface area contributed by atoms with Crippen molar-refractivity contribution in [3.63, 3.8) is 0 Å². The first-order valence-electron chi connectivity index (χ1n) is 6.05. The van der Waals surface area contributed by atoms with Gasteiger partial charge in [0, 0.05) is 18.1 Å². The molecule has 0 saturated carbocycles. The van der Waals surface area contributed by atoms with Crippen molar-refractivity contribution in [3.05, 3.63) is 28.8 Å². The minimum atomic E-state index is -0.515. The molecular weight excluding hydrogens is 296 g/mol. The smallest absolute Gasteiger partial charge is 0.407 e. The molecule has 0 unspecified atom stereocenters. The highest BCUT2D eigenvalue weighted by atomic mass is 35.5. The van der Waals surface area contributed by atoms with Crippen LogP contribution in [-0.4, -0.2) is 23.3 Å². The number of thiocarbonyl (C=S) groups is 1. The number of nitrogens with one attached hydrogen (secondary N) is 1. The quantitative estimate of drug-likeness (QED) is 0.673. The molecule has 0 radical (unpaired) electrons. The molecule has 4 nitrogen and oxygen atoms in total. The van der Waals surface area contributed by atoms with Crippen LogP contribution in [0.1, 0.15) is 26.3 Å². The van der Waals surface area contributed by atoms with E-state index in [9.17, 15) is 4.79 Å². The monoisotopic (exact) mass is 312 g/mol. The molecule has 0 saturated heterocycles. The lowest BCUT2D eigenvalue weighted by atomic mass is 10.2. The van der Waals surface area contributed by atoms with E-state index in [1.807, 2.05) is 26.8 Å². The molecule has 1 N–H and O–H groups in total. The molecule has 0 aromatic heterocycles. The Hall–Kier alpha value is -1.46. The van der Waals surface area contributed by atoms with E-state index in [1.165, 1.54) is 11.6 Å². The molecule has 0 aliphatic heterocycles. The summed E-state index contributed by atoms with van der Waals surface area (Å²) in [5.74, 6) is 0. The molecule has 1 rings (SSSR count). The van der Waals surface area contributed by atoms with Crippen molar-refractivity contribution >= 4 is 47.2 Å². The Kier molecular flexibility index (Phi) is 6.10. The van der Waals surface area contributed by atoms with Gasteiger partial charge in [-0.3, -0.25) is 4.99 Å². The molecule has 0 fully saturated rings. The zero-order chi connectivity index (χ0) is 15.2. The van der Waals surface area contributed by atoms with Crippen LogP contribution in [0.15, 0.2) is 23.2 Å². The second kappa shape index (κ2) is 7.36. The largest absolute Gasteiger partial charge is 0.444 e. The van der Waals surface area contributed by atoms with Crippen LogP contribution in [-0.2, 0) is 11.3 Å². The summed E-state index contributed by atoms with van der Waals surface area (Å²) in [6.45, 7) is 5.78. The first kappa shape index (κ1) is 16.6. The highest BCUT2D eigenvalue weighted by Gasteiger charge is 2.15. The maximum absolute atomic E-state index is 11.5. The fraction of sp³-hybridized carbons (Fsp3) is 0.357. The molecule has 6 heteroatoms. The summed E-state index contributed by atoms with van der Waals surface area (Å²) in [6, 6.07) is 5.33. The summed E-state index contributed by atoms with van der Waals surface area (Å²) in [5, 5.41) is 4.61. The van der Waals surface area contributed by atoms with E-state index in [2.05, 4.69) is 22.5 Å². The van der Waals surface area contributed by atoms with Gasteiger partial charge in [-0.25, -0.2) is 4.79 Å². The molecule has 0 spiro atoms. The van der Waals surface area contributed by atoms with Gasteiger partial charge in [-0.1, -0.05) is 29.9 Å². The van der Waals surface area contributed by atoms with Gasteiger partial charge in [0.1, 0.15) is 5.60 Å². The molecule has 1 aromatic carbocycles. The summed E-state index contributed by atoms with van der Waals surface area (Å²) in [4.78, 5) is 15.7. The number of hydrogen-bond acceptors (Lipinski definition) is 4. The Labute approximate surface area is 129 Å². The zero-order valence-corrected chi connectivity index (χ0v) is 13.2. The number of halogens is 1. The Bertz CT molecular complexity index is 524. The summed E-state index contributed by atoms with van der Waals surface area (Å²) in [7, 11) is 0. The van der Waals surface area contributed by atoms with Gasteiger partial charge in [0.15, 0.2) is 0 Å². The van der Waals surface area contributed by atoms with E-state index in [4.69, 9.17) is 16.3 Å². The third-order valence-corrected chi connectivity index (χ3v) is 2.56. The number of nitrogens with zero attached hydrogens (tertiary/aromatic N) is 1. The van der Waals surface area contributed by atoms with E-state index >= 15 is 0 Å². The van der Waals surface area contributed by atoms with Crippen molar-refractivity contribution in [2.45, 2.75) is 32.9 Å². The third-order valence-electron chi connectivity index (χ3n) is 2.12. The van der Waals surface area contributed by atoms with Crippen molar-refractivity contribution in [2.75, 3.05) is 0 Å². The van der Waals surface area contributed by atoms with Crippen molar-refractivity contribution < 1.29 is 9.53 Å². The van der Waals surface area contributed by atoms with Crippen LogP contribution < -0.4 is 5.32 Å². The molecule has 0 atom stereocenters. The minimum Gasteiger partial charge on any atom is -0.444 e. The minimum absolute atomic E-state index is 0.339. The third kappa shape index (κ3) is 6.12. The van der Waals surface area contributed by atoms with Gasteiger partial charge in [0.2, 0.25) is 0 Å². The standard InChI is InChI=1S/C14H17ClN2O2S/c1-14(2,3)19-13(18)17-9-10-4-5-11(15)12(8-10)16-6-7-20/h4-8H,9H2,1-3H3,(H,17,18). The average molecular weight is 313 g/mol. The van der Waals surface area contributed by atoms with Gasteiger partial charge in [-0.2, -0.15) is 0 Å². The van der Waals surface area contributed by atoms with Crippen LogP contribution in [0.25, 0.3) is 0 Å². The number of benzene rings is 1. The number of ether oxygens (including phenoxy) is 1. The molecule has 1 amide bonds. The molecule has 20 heavy (non-hydrogen) atoms. The molecule has 0 heterocycles. The summed E-state index contributed by atoms with van der Waals surface area (Å²) < 4.78 is 5.15. The summed E-state index contributed by atoms with van der Waals surface area (Å²) >= 11 is 10.7. The second-order valence-corrected chi connectivity index (χ2v) is 5.73. The average Bonchev–Trinajstić information content (AvgIpc) is 2.34. The molecular formula is C14H17ClN2O2S. The zero-order valence-electron chi connectivity index (χ0n) is 11.6. The maximum Gasteiger partial charge on any atom is 0.407 e. The molecule has 0 bridgehead atoms. The number of hydrogen-bond donors (Lipinski definition) is 1. The Morgan fingerprint density at radius 1 is 1.50 bits per heavy atom. The van der Waals surface area contributed by atoms with Gasteiger partial charge >= 0.3 is 6.09 Å². The topological polar surface area (TPSA) is 50.7 Å². The predicted molar refractivity (Wildman–Crippen MR) is 86.3 cm³/mol. The number of carbonyl (C=O) groups is 1. The maximum atomic E-state index is 11.5. The molecule has 1 aromatic rings. The molecule has 108 valence electrons. The number of carbonyl (C=O) groups excluding carboxylic acids is 1.